The van der Waals surface area contributed by atoms with Crippen LogP contribution in [0.4, 0.5) is 5.69 Å². The molecule has 2 aromatic carbocycles. The topological polar surface area (TPSA) is 21.6 Å². The summed E-state index contributed by atoms with van der Waals surface area (Å²) in [6.07, 6.45) is 3.56. The number of aryl methyl sites for hydroxylation is 2. The largest absolute Gasteiger partial charge is 0.489 e. The normalized spacial score (nSPS) is 10.8. The van der Waals surface area contributed by atoms with E-state index in [2.05, 4.69) is 53.5 Å². The first-order chi connectivity index (χ1) is 10.1. The summed E-state index contributed by atoms with van der Waals surface area (Å²) in [5.41, 5.74) is 4.38. The highest BCUT2D eigenvalue weighted by Gasteiger charge is 2.02. The number of hydrogen-bond acceptors (Lipinski definition) is 2. The second kappa shape index (κ2) is 7.23. The van der Waals surface area contributed by atoms with Gasteiger partial charge in [0.05, 0.1) is 5.69 Å². The SMILES string of the molecule is C=CCOc1ccc(Br)cc1C=Nc1ccc(C)c(C)c1. The van der Waals surface area contributed by atoms with Gasteiger partial charge in [0, 0.05) is 16.3 Å². The summed E-state index contributed by atoms with van der Waals surface area (Å²) in [4.78, 5) is 4.54. The zero-order chi connectivity index (χ0) is 15.2. The summed E-state index contributed by atoms with van der Waals surface area (Å²) in [6, 6.07) is 12.0. The zero-order valence-corrected chi connectivity index (χ0v) is 13.9. The van der Waals surface area contributed by atoms with Gasteiger partial charge >= 0.3 is 0 Å². The molecule has 0 spiro atoms. The fourth-order valence-corrected chi connectivity index (χ4v) is 2.23. The molecular weight excluding hydrogens is 326 g/mol. The van der Waals surface area contributed by atoms with Crippen molar-refractivity contribution in [1.82, 2.24) is 0 Å². The zero-order valence-electron chi connectivity index (χ0n) is 12.3. The first-order valence-corrected chi connectivity index (χ1v) is 7.54. The third-order valence-corrected chi connectivity index (χ3v) is 3.66. The van der Waals surface area contributed by atoms with E-state index in [4.69, 9.17) is 4.74 Å². The van der Waals surface area contributed by atoms with Crippen LogP contribution in [-0.4, -0.2) is 12.8 Å². The molecule has 0 saturated carbocycles. The second-order valence-corrected chi connectivity index (χ2v) is 5.72. The lowest BCUT2D eigenvalue weighted by Crippen LogP contribution is -1.96. The van der Waals surface area contributed by atoms with E-state index in [1.54, 1.807) is 6.08 Å². The van der Waals surface area contributed by atoms with Crippen LogP contribution < -0.4 is 4.74 Å². The quantitative estimate of drug-likeness (QED) is 0.527. The molecule has 2 nitrogen and oxygen atoms in total. The molecule has 0 radical (unpaired) electrons. The molecule has 0 unspecified atom stereocenters. The molecule has 0 aliphatic rings. The van der Waals surface area contributed by atoms with Gasteiger partial charge < -0.3 is 4.74 Å². The van der Waals surface area contributed by atoms with E-state index < -0.39 is 0 Å². The van der Waals surface area contributed by atoms with Crippen LogP contribution in [0.3, 0.4) is 0 Å². The van der Waals surface area contributed by atoms with Crippen LogP contribution in [0.2, 0.25) is 0 Å². The predicted octanol–water partition coefficient (Wildman–Crippen LogP) is 5.38. The predicted molar refractivity (Wildman–Crippen MR) is 93.0 cm³/mol. The van der Waals surface area contributed by atoms with Crippen molar-refractivity contribution < 1.29 is 4.74 Å². The van der Waals surface area contributed by atoms with Crippen LogP contribution >= 0.6 is 15.9 Å². The molecular formula is C18H18BrNO. The van der Waals surface area contributed by atoms with Crippen molar-refractivity contribution in [3.8, 4) is 5.75 Å². The van der Waals surface area contributed by atoms with Crippen molar-refractivity contribution in [2.75, 3.05) is 6.61 Å². The molecule has 0 N–H and O–H groups in total. The number of aliphatic imine (C=N–C) groups is 1. The van der Waals surface area contributed by atoms with Gasteiger partial charge in [-0.15, -0.1) is 0 Å². The Morgan fingerprint density at radius 1 is 1.14 bits per heavy atom. The van der Waals surface area contributed by atoms with Crippen molar-refractivity contribution in [2.24, 2.45) is 4.99 Å². The number of ether oxygens (including phenoxy) is 1. The van der Waals surface area contributed by atoms with E-state index in [1.807, 2.05) is 30.5 Å². The highest BCUT2D eigenvalue weighted by molar-refractivity contribution is 9.10. The van der Waals surface area contributed by atoms with Crippen molar-refractivity contribution in [2.45, 2.75) is 13.8 Å². The fraction of sp³-hybridized carbons (Fsp3) is 0.167. The Hall–Kier alpha value is -1.87. The summed E-state index contributed by atoms with van der Waals surface area (Å²) < 4.78 is 6.64. The maximum atomic E-state index is 5.64. The van der Waals surface area contributed by atoms with E-state index in [-0.39, 0.29) is 0 Å². The molecule has 0 aliphatic heterocycles. The molecule has 0 aliphatic carbocycles. The van der Waals surface area contributed by atoms with Crippen molar-refractivity contribution in [3.63, 3.8) is 0 Å². The van der Waals surface area contributed by atoms with E-state index in [1.165, 1.54) is 11.1 Å². The molecule has 0 fully saturated rings. The van der Waals surface area contributed by atoms with E-state index >= 15 is 0 Å². The van der Waals surface area contributed by atoms with E-state index in [0.29, 0.717) is 6.61 Å². The highest BCUT2D eigenvalue weighted by atomic mass is 79.9. The maximum Gasteiger partial charge on any atom is 0.128 e. The number of halogens is 1. The van der Waals surface area contributed by atoms with E-state index in [0.717, 1.165) is 21.5 Å². The van der Waals surface area contributed by atoms with Crippen LogP contribution in [0.25, 0.3) is 0 Å². The molecule has 0 heterocycles. The van der Waals surface area contributed by atoms with Crippen LogP contribution in [0, 0.1) is 13.8 Å². The Morgan fingerprint density at radius 2 is 1.95 bits per heavy atom. The summed E-state index contributed by atoms with van der Waals surface area (Å²) in [5.74, 6) is 0.797. The average molecular weight is 344 g/mol. The molecule has 0 saturated heterocycles. The van der Waals surface area contributed by atoms with Gasteiger partial charge in [-0.1, -0.05) is 34.7 Å². The fourth-order valence-electron chi connectivity index (χ4n) is 1.85. The smallest absolute Gasteiger partial charge is 0.128 e. The minimum atomic E-state index is 0.478. The Labute approximate surface area is 134 Å². The number of benzene rings is 2. The lowest BCUT2D eigenvalue weighted by Gasteiger charge is -2.07. The number of nitrogens with zero attached hydrogens (tertiary/aromatic N) is 1. The first kappa shape index (κ1) is 15.5. The van der Waals surface area contributed by atoms with Crippen molar-refractivity contribution in [3.05, 3.63) is 70.2 Å². The van der Waals surface area contributed by atoms with Crippen molar-refractivity contribution >= 4 is 27.8 Å². The van der Waals surface area contributed by atoms with Crippen LogP contribution in [-0.2, 0) is 0 Å². The third kappa shape index (κ3) is 4.30. The van der Waals surface area contributed by atoms with Gasteiger partial charge in [0.15, 0.2) is 0 Å². The molecule has 2 rings (SSSR count). The summed E-state index contributed by atoms with van der Waals surface area (Å²) in [7, 11) is 0. The summed E-state index contributed by atoms with van der Waals surface area (Å²) >= 11 is 3.47. The minimum Gasteiger partial charge on any atom is -0.489 e. The van der Waals surface area contributed by atoms with Gasteiger partial charge in [0.25, 0.3) is 0 Å². The lowest BCUT2D eigenvalue weighted by atomic mass is 10.1. The third-order valence-electron chi connectivity index (χ3n) is 3.17. The highest BCUT2D eigenvalue weighted by Crippen LogP contribution is 2.23. The van der Waals surface area contributed by atoms with Crippen LogP contribution in [0.15, 0.2) is 58.5 Å². The lowest BCUT2D eigenvalue weighted by molar-refractivity contribution is 0.362. The summed E-state index contributed by atoms with van der Waals surface area (Å²) in [6.45, 7) is 8.33. The Balaban J connectivity index is 2.28. The molecule has 3 heteroatoms. The molecule has 0 amide bonds. The second-order valence-electron chi connectivity index (χ2n) is 4.81. The average Bonchev–Trinajstić information content (AvgIpc) is 2.47. The first-order valence-electron chi connectivity index (χ1n) is 6.74. The van der Waals surface area contributed by atoms with Crippen LogP contribution in [0.1, 0.15) is 16.7 Å². The van der Waals surface area contributed by atoms with Gasteiger partial charge in [-0.3, -0.25) is 4.99 Å². The maximum absolute atomic E-state index is 5.64. The minimum absolute atomic E-state index is 0.478. The van der Waals surface area contributed by atoms with Gasteiger partial charge in [-0.05, 0) is 55.3 Å². The summed E-state index contributed by atoms with van der Waals surface area (Å²) in [5, 5.41) is 0. The Bertz CT molecular complexity index is 677. The molecule has 108 valence electrons. The molecule has 0 bridgehead atoms. The van der Waals surface area contributed by atoms with Gasteiger partial charge in [-0.2, -0.15) is 0 Å². The van der Waals surface area contributed by atoms with Crippen molar-refractivity contribution in [1.29, 1.82) is 0 Å². The van der Waals surface area contributed by atoms with Crippen LogP contribution in [0.5, 0.6) is 5.75 Å². The monoisotopic (exact) mass is 343 g/mol. The number of hydrogen-bond donors (Lipinski definition) is 0. The molecule has 2 aromatic rings. The number of rotatable bonds is 5. The molecule has 21 heavy (non-hydrogen) atoms. The van der Waals surface area contributed by atoms with E-state index in [9.17, 15) is 0 Å². The van der Waals surface area contributed by atoms with Gasteiger partial charge in [0.2, 0.25) is 0 Å². The molecule has 0 aromatic heterocycles. The van der Waals surface area contributed by atoms with Gasteiger partial charge in [-0.25, -0.2) is 0 Å². The molecule has 0 atom stereocenters. The van der Waals surface area contributed by atoms with Gasteiger partial charge in [0.1, 0.15) is 12.4 Å². The Kier molecular flexibility index (Phi) is 5.34. The standard InChI is InChI=1S/C18H18BrNO/c1-4-9-21-18-8-6-16(19)11-15(18)12-20-17-7-5-13(2)14(3)10-17/h4-8,10-12H,1,9H2,2-3H3. The Morgan fingerprint density at radius 3 is 2.67 bits per heavy atom.